The molecule has 4 nitrogen and oxygen atoms in total. The topological polar surface area (TPSA) is 47.3 Å². The van der Waals surface area contributed by atoms with Gasteiger partial charge >= 0.3 is 0 Å². The number of imidazole rings is 1. The lowest BCUT2D eigenvalue weighted by Gasteiger charge is -2.21. The third-order valence-corrected chi connectivity index (χ3v) is 3.79. The number of ether oxygens (including phenoxy) is 1. The highest BCUT2D eigenvalue weighted by atomic mass is 35.5. The van der Waals surface area contributed by atoms with E-state index in [4.69, 9.17) is 16.3 Å². The van der Waals surface area contributed by atoms with Crippen LogP contribution in [0.2, 0.25) is 5.15 Å². The summed E-state index contributed by atoms with van der Waals surface area (Å²) < 4.78 is 7.45. The van der Waals surface area contributed by atoms with Gasteiger partial charge in [-0.25, -0.2) is 4.98 Å². The minimum atomic E-state index is -0.327. The smallest absolute Gasteiger partial charge is 0.151 e. The normalized spacial score (nSPS) is 18.2. The van der Waals surface area contributed by atoms with Crippen LogP contribution in [0.4, 0.5) is 0 Å². The number of para-hydroxylation sites is 1. The molecule has 0 saturated carbocycles. The number of hydrogen-bond acceptors (Lipinski definition) is 3. The van der Waals surface area contributed by atoms with Crippen LogP contribution in [0.15, 0.2) is 24.3 Å². The zero-order valence-electron chi connectivity index (χ0n) is 10.6. The molecule has 0 spiro atoms. The predicted octanol–water partition coefficient (Wildman–Crippen LogP) is 2.52. The lowest BCUT2D eigenvalue weighted by Crippen LogP contribution is -2.23. The molecule has 1 aromatic carbocycles. The number of benzene rings is 1. The molecule has 0 bridgehead atoms. The first-order valence-corrected chi connectivity index (χ1v) is 6.65. The van der Waals surface area contributed by atoms with Crippen LogP contribution < -0.4 is 4.74 Å². The largest absolute Gasteiger partial charge is 0.496 e. The van der Waals surface area contributed by atoms with E-state index >= 15 is 0 Å². The van der Waals surface area contributed by atoms with Gasteiger partial charge in [0.1, 0.15) is 11.6 Å². The Morgan fingerprint density at radius 1 is 1.42 bits per heavy atom. The van der Waals surface area contributed by atoms with Crippen molar-refractivity contribution < 1.29 is 9.84 Å². The summed E-state index contributed by atoms with van der Waals surface area (Å²) in [5, 5.41) is 10.2. The van der Waals surface area contributed by atoms with Gasteiger partial charge in [-0.15, -0.1) is 0 Å². The summed E-state index contributed by atoms with van der Waals surface area (Å²) in [5.41, 5.74) is 1.83. The molecule has 3 rings (SSSR count). The number of aliphatic hydroxyl groups excluding tert-OH is 1. The van der Waals surface area contributed by atoms with Crippen LogP contribution >= 0.6 is 11.6 Å². The van der Waals surface area contributed by atoms with E-state index in [0.717, 1.165) is 35.8 Å². The molecule has 1 atom stereocenters. The molecule has 1 aromatic heterocycles. The van der Waals surface area contributed by atoms with Gasteiger partial charge in [-0.1, -0.05) is 23.7 Å². The Balaban J connectivity index is 2.14. The van der Waals surface area contributed by atoms with E-state index in [0.29, 0.717) is 11.6 Å². The molecule has 1 N–H and O–H groups in total. The molecule has 19 heavy (non-hydrogen) atoms. The molecule has 0 radical (unpaired) electrons. The van der Waals surface area contributed by atoms with Crippen LogP contribution in [-0.2, 0) is 13.0 Å². The number of aliphatic hydroxyl groups is 1. The third kappa shape index (κ3) is 2.11. The van der Waals surface area contributed by atoms with Gasteiger partial charge in [0.25, 0.3) is 0 Å². The maximum Gasteiger partial charge on any atom is 0.151 e. The number of fused-ring (bicyclic) bond motifs is 1. The molecule has 1 aliphatic heterocycles. The summed E-state index contributed by atoms with van der Waals surface area (Å²) in [4.78, 5) is 4.44. The minimum absolute atomic E-state index is 0.327. The zero-order valence-corrected chi connectivity index (χ0v) is 11.4. The van der Waals surface area contributed by atoms with E-state index in [1.54, 1.807) is 7.11 Å². The van der Waals surface area contributed by atoms with Gasteiger partial charge in [0, 0.05) is 13.0 Å². The Morgan fingerprint density at radius 3 is 3.00 bits per heavy atom. The minimum Gasteiger partial charge on any atom is -0.496 e. The van der Waals surface area contributed by atoms with Crippen LogP contribution in [0.3, 0.4) is 0 Å². The first-order chi connectivity index (χ1) is 9.20. The standard InChI is InChI=1S/C14H15ClN2O2/c1-19-12-5-3-2-4-10(12)14-16-13(15)11-8-9(18)6-7-17(11)14/h2-5,9,18H,6-8H2,1H3. The van der Waals surface area contributed by atoms with Gasteiger partial charge in [0.05, 0.1) is 24.5 Å². The summed E-state index contributed by atoms with van der Waals surface area (Å²) in [5.74, 6) is 1.59. The Kier molecular flexibility index (Phi) is 3.21. The van der Waals surface area contributed by atoms with Gasteiger partial charge in [0.15, 0.2) is 5.15 Å². The number of nitrogens with zero attached hydrogens (tertiary/aromatic N) is 2. The molecule has 5 heteroatoms. The fourth-order valence-electron chi connectivity index (χ4n) is 2.53. The molecule has 0 aliphatic carbocycles. The van der Waals surface area contributed by atoms with Crippen molar-refractivity contribution in [1.29, 1.82) is 0 Å². The van der Waals surface area contributed by atoms with E-state index in [9.17, 15) is 5.11 Å². The third-order valence-electron chi connectivity index (χ3n) is 3.49. The average Bonchev–Trinajstić information content (AvgIpc) is 2.75. The number of aromatic nitrogens is 2. The highest BCUT2D eigenvalue weighted by molar-refractivity contribution is 6.30. The molecule has 0 saturated heterocycles. The van der Waals surface area contributed by atoms with Crippen molar-refractivity contribution in [3.63, 3.8) is 0 Å². The van der Waals surface area contributed by atoms with Crippen LogP contribution in [0.25, 0.3) is 11.4 Å². The molecule has 2 aromatic rings. The maximum atomic E-state index is 9.74. The number of hydrogen-bond donors (Lipinski definition) is 1. The predicted molar refractivity (Wildman–Crippen MR) is 73.6 cm³/mol. The van der Waals surface area contributed by atoms with Crippen molar-refractivity contribution in [3.05, 3.63) is 35.1 Å². The van der Waals surface area contributed by atoms with Crippen LogP contribution in [0.5, 0.6) is 5.75 Å². The van der Waals surface area contributed by atoms with Crippen molar-refractivity contribution >= 4 is 11.6 Å². The zero-order chi connectivity index (χ0) is 13.4. The lowest BCUT2D eigenvalue weighted by atomic mass is 10.1. The second-order valence-electron chi connectivity index (χ2n) is 4.67. The fraction of sp³-hybridized carbons (Fsp3) is 0.357. The van der Waals surface area contributed by atoms with E-state index in [1.165, 1.54) is 0 Å². The summed E-state index contributed by atoms with van der Waals surface area (Å²) in [6.07, 6.45) is 0.954. The van der Waals surface area contributed by atoms with Gasteiger partial charge in [-0.2, -0.15) is 0 Å². The summed E-state index contributed by atoms with van der Waals surface area (Å²) in [6.45, 7) is 0.726. The summed E-state index contributed by atoms with van der Waals surface area (Å²) in [7, 11) is 1.64. The summed E-state index contributed by atoms with van der Waals surface area (Å²) in [6, 6.07) is 7.75. The van der Waals surface area contributed by atoms with Gasteiger partial charge in [0.2, 0.25) is 0 Å². The Hall–Kier alpha value is -1.52. The van der Waals surface area contributed by atoms with Crippen LogP contribution in [-0.4, -0.2) is 27.9 Å². The first kappa shape index (κ1) is 12.5. The van der Waals surface area contributed by atoms with Crippen molar-refractivity contribution in [1.82, 2.24) is 9.55 Å². The van der Waals surface area contributed by atoms with Crippen LogP contribution in [0, 0.1) is 0 Å². The molecule has 100 valence electrons. The van der Waals surface area contributed by atoms with Crippen molar-refractivity contribution in [2.24, 2.45) is 0 Å². The Morgan fingerprint density at radius 2 is 2.21 bits per heavy atom. The van der Waals surface area contributed by atoms with E-state index in [-0.39, 0.29) is 6.10 Å². The second-order valence-corrected chi connectivity index (χ2v) is 5.03. The molecule has 1 unspecified atom stereocenters. The summed E-state index contributed by atoms with van der Waals surface area (Å²) >= 11 is 6.19. The average molecular weight is 279 g/mol. The van der Waals surface area contributed by atoms with Gasteiger partial charge in [-0.3, -0.25) is 0 Å². The lowest BCUT2D eigenvalue weighted by molar-refractivity contribution is 0.144. The van der Waals surface area contributed by atoms with E-state index in [2.05, 4.69) is 9.55 Å². The SMILES string of the molecule is COc1ccccc1-c1nc(Cl)c2n1CCC(O)C2. The Bertz CT molecular complexity index is 609. The Labute approximate surface area is 116 Å². The fourth-order valence-corrected chi connectivity index (χ4v) is 2.79. The number of halogens is 1. The van der Waals surface area contributed by atoms with Crippen molar-refractivity contribution in [2.45, 2.75) is 25.5 Å². The monoisotopic (exact) mass is 278 g/mol. The highest BCUT2D eigenvalue weighted by Crippen LogP contribution is 2.34. The quantitative estimate of drug-likeness (QED) is 0.918. The molecule has 0 amide bonds. The van der Waals surface area contributed by atoms with Crippen molar-refractivity contribution in [3.8, 4) is 17.1 Å². The first-order valence-electron chi connectivity index (χ1n) is 6.27. The van der Waals surface area contributed by atoms with Gasteiger partial charge in [-0.05, 0) is 18.6 Å². The second kappa shape index (κ2) is 4.87. The molecule has 0 fully saturated rings. The van der Waals surface area contributed by atoms with E-state index in [1.807, 2.05) is 24.3 Å². The molecular formula is C14H15ClN2O2. The number of rotatable bonds is 2. The maximum absolute atomic E-state index is 9.74. The molecule has 2 heterocycles. The van der Waals surface area contributed by atoms with E-state index < -0.39 is 0 Å². The highest BCUT2D eigenvalue weighted by Gasteiger charge is 2.25. The van der Waals surface area contributed by atoms with Crippen LogP contribution in [0.1, 0.15) is 12.1 Å². The molecule has 1 aliphatic rings. The van der Waals surface area contributed by atoms with Crippen molar-refractivity contribution in [2.75, 3.05) is 7.11 Å². The number of methoxy groups -OCH3 is 1. The molecular weight excluding hydrogens is 264 g/mol. The van der Waals surface area contributed by atoms with Gasteiger partial charge < -0.3 is 14.4 Å².